The number of hydrogen-bond donors (Lipinski definition) is 4. The molecule has 1 aromatic heterocycles. The average molecular weight is 481 g/mol. The van der Waals surface area contributed by atoms with Gasteiger partial charge in [0, 0.05) is 30.3 Å². The third-order valence-electron chi connectivity index (χ3n) is 5.76. The van der Waals surface area contributed by atoms with E-state index in [0.717, 1.165) is 37.9 Å². The van der Waals surface area contributed by atoms with Gasteiger partial charge in [-0.2, -0.15) is 0 Å². The molecule has 1 aliphatic heterocycles. The van der Waals surface area contributed by atoms with E-state index in [2.05, 4.69) is 25.9 Å². The molecule has 182 valence electrons. The van der Waals surface area contributed by atoms with Gasteiger partial charge in [0.1, 0.15) is 0 Å². The Hall–Kier alpha value is -3.92. The van der Waals surface area contributed by atoms with Gasteiger partial charge in [-0.3, -0.25) is 9.59 Å². The molecule has 35 heavy (non-hydrogen) atoms. The summed E-state index contributed by atoms with van der Waals surface area (Å²) in [5.41, 5.74) is 7.68. The predicted molar refractivity (Wildman–Crippen MR) is 127 cm³/mol. The number of halogens is 2. The standard InChI is InChI=1S/C25H26F2N6O2/c26-19-8-7-15(10-20(19)27)12-31-24(34)17-5-3-4-16(11-17)21-14-30-23(28)22(33-21)25(35)32-18-6-1-2-9-29-13-18/h3-5,7-8,10-11,14,18,29H,1-2,6,9,12-13H2,(H2,28,30)(H,31,34)(H,32,35)/t18-/m0/s1. The Morgan fingerprint density at radius 2 is 1.94 bits per heavy atom. The molecular weight excluding hydrogens is 454 g/mol. The fourth-order valence-corrected chi connectivity index (χ4v) is 3.85. The van der Waals surface area contributed by atoms with Gasteiger partial charge in [0.2, 0.25) is 0 Å². The van der Waals surface area contributed by atoms with Crippen LogP contribution in [0.15, 0.2) is 48.7 Å². The summed E-state index contributed by atoms with van der Waals surface area (Å²) in [5.74, 6) is -2.70. The van der Waals surface area contributed by atoms with Gasteiger partial charge in [-0.25, -0.2) is 18.7 Å². The smallest absolute Gasteiger partial charge is 0.274 e. The summed E-state index contributed by atoms with van der Waals surface area (Å²) in [5, 5.41) is 8.94. The first-order valence-corrected chi connectivity index (χ1v) is 11.4. The highest BCUT2D eigenvalue weighted by Gasteiger charge is 2.20. The van der Waals surface area contributed by atoms with Crippen LogP contribution in [0.2, 0.25) is 0 Å². The molecule has 10 heteroatoms. The highest BCUT2D eigenvalue weighted by atomic mass is 19.2. The molecule has 0 spiro atoms. The number of carbonyl (C=O) groups is 2. The number of amides is 2. The zero-order chi connectivity index (χ0) is 24.8. The van der Waals surface area contributed by atoms with Crippen LogP contribution in [0.4, 0.5) is 14.6 Å². The van der Waals surface area contributed by atoms with Crippen molar-refractivity contribution < 1.29 is 18.4 Å². The zero-order valence-corrected chi connectivity index (χ0v) is 19.0. The number of anilines is 1. The number of carbonyl (C=O) groups excluding carboxylic acids is 2. The maximum absolute atomic E-state index is 13.4. The molecule has 0 aliphatic carbocycles. The lowest BCUT2D eigenvalue weighted by Crippen LogP contribution is -2.41. The van der Waals surface area contributed by atoms with Crippen molar-refractivity contribution in [2.45, 2.75) is 31.8 Å². The van der Waals surface area contributed by atoms with E-state index in [4.69, 9.17) is 5.73 Å². The number of benzene rings is 2. The lowest BCUT2D eigenvalue weighted by Gasteiger charge is -2.16. The van der Waals surface area contributed by atoms with Crippen LogP contribution in [0.3, 0.4) is 0 Å². The minimum atomic E-state index is -0.976. The van der Waals surface area contributed by atoms with Crippen molar-refractivity contribution in [3.05, 3.63) is 77.1 Å². The lowest BCUT2D eigenvalue weighted by atomic mass is 10.1. The van der Waals surface area contributed by atoms with Crippen molar-refractivity contribution in [2.24, 2.45) is 0 Å². The van der Waals surface area contributed by atoms with Crippen molar-refractivity contribution in [3.8, 4) is 11.3 Å². The predicted octanol–water partition coefficient (Wildman–Crippen LogP) is 2.81. The first-order chi connectivity index (χ1) is 16.9. The number of nitrogen functional groups attached to an aromatic ring is 1. The molecule has 0 unspecified atom stereocenters. The van der Waals surface area contributed by atoms with Crippen molar-refractivity contribution in [2.75, 3.05) is 18.8 Å². The molecule has 2 amide bonds. The number of nitrogens with one attached hydrogen (secondary N) is 3. The molecule has 1 aliphatic rings. The summed E-state index contributed by atoms with van der Waals surface area (Å²) in [4.78, 5) is 34.0. The highest BCUT2D eigenvalue weighted by molar-refractivity contribution is 5.97. The SMILES string of the molecule is Nc1ncc(-c2cccc(C(=O)NCc3ccc(F)c(F)c3)c2)nc1C(=O)N[C@H]1CCCCNC1. The quantitative estimate of drug-likeness (QED) is 0.431. The maximum atomic E-state index is 13.4. The van der Waals surface area contributed by atoms with E-state index >= 15 is 0 Å². The van der Waals surface area contributed by atoms with Gasteiger partial charge >= 0.3 is 0 Å². The number of aromatic nitrogens is 2. The number of hydrogen-bond acceptors (Lipinski definition) is 6. The minimum absolute atomic E-state index is 0.0172. The molecule has 0 radical (unpaired) electrons. The molecule has 5 N–H and O–H groups in total. The molecule has 3 aromatic rings. The Kier molecular flexibility index (Phi) is 7.61. The molecule has 4 rings (SSSR count). The second kappa shape index (κ2) is 11.0. The average Bonchev–Trinajstić information content (AvgIpc) is 3.13. The Labute approximate surface area is 201 Å². The first kappa shape index (κ1) is 24.2. The van der Waals surface area contributed by atoms with Crippen LogP contribution in [0.1, 0.15) is 45.7 Å². The first-order valence-electron chi connectivity index (χ1n) is 11.4. The fraction of sp³-hybridized carbons (Fsp3) is 0.280. The summed E-state index contributed by atoms with van der Waals surface area (Å²) >= 11 is 0. The van der Waals surface area contributed by atoms with Crippen molar-refractivity contribution >= 4 is 17.6 Å². The van der Waals surface area contributed by atoms with Gasteiger partial charge in [-0.15, -0.1) is 0 Å². The van der Waals surface area contributed by atoms with Crippen molar-refractivity contribution in [1.29, 1.82) is 0 Å². The topological polar surface area (TPSA) is 122 Å². The monoisotopic (exact) mass is 480 g/mol. The Morgan fingerprint density at radius 1 is 1.09 bits per heavy atom. The third kappa shape index (κ3) is 6.15. The Bertz CT molecular complexity index is 1230. The number of nitrogens with two attached hydrogens (primary N) is 1. The van der Waals surface area contributed by atoms with Crippen LogP contribution in [-0.4, -0.2) is 40.9 Å². The van der Waals surface area contributed by atoms with Gasteiger partial charge in [-0.1, -0.05) is 24.6 Å². The van der Waals surface area contributed by atoms with E-state index in [0.29, 0.717) is 28.9 Å². The van der Waals surface area contributed by atoms with Gasteiger partial charge in [0.25, 0.3) is 11.8 Å². The van der Waals surface area contributed by atoms with Crippen LogP contribution < -0.4 is 21.7 Å². The minimum Gasteiger partial charge on any atom is -0.382 e. The molecule has 0 saturated carbocycles. The largest absolute Gasteiger partial charge is 0.382 e. The van der Waals surface area contributed by atoms with Gasteiger partial charge in [0.15, 0.2) is 23.1 Å². The van der Waals surface area contributed by atoms with E-state index < -0.39 is 23.4 Å². The number of nitrogens with zero attached hydrogens (tertiary/aromatic N) is 2. The Balaban J connectivity index is 1.47. The summed E-state index contributed by atoms with van der Waals surface area (Å²) in [7, 11) is 0. The third-order valence-corrected chi connectivity index (χ3v) is 5.76. The summed E-state index contributed by atoms with van der Waals surface area (Å²) < 4.78 is 26.5. The fourth-order valence-electron chi connectivity index (χ4n) is 3.85. The zero-order valence-electron chi connectivity index (χ0n) is 19.0. The molecule has 2 aromatic carbocycles. The van der Waals surface area contributed by atoms with Crippen LogP contribution in [0.25, 0.3) is 11.3 Å². The van der Waals surface area contributed by atoms with Crippen LogP contribution in [-0.2, 0) is 6.54 Å². The second-order valence-corrected chi connectivity index (χ2v) is 8.37. The molecular formula is C25H26F2N6O2. The van der Waals surface area contributed by atoms with Gasteiger partial charge < -0.3 is 21.7 Å². The Morgan fingerprint density at radius 3 is 2.77 bits per heavy atom. The molecule has 8 nitrogen and oxygen atoms in total. The summed E-state index contributed by atoms with van der Waals surface area (Å²) in [6, 6.07) is 10.1. The second-order valence-electron chi connectivity index (χ2n) is 8.37. The summed E-state index contributed by atoms with van der Waals surface area (Å²) in [6.45, 7) is 1.64. The molecule has 1 atom stereocenters. The van der Waals surface area contributed by atoms with E-state index in [9.17, 15) is 18.4 Å². The van der Waals surface area contributed by atoms with E-state index in [1.54, 1.807) is 24.3 Å². The summed E-state index contributed by atoms with van der Waals surface area (Å²) in [6.07, 6.45) is 4.39. The van der Waals surface area contributed by atoms with E-state index in [1.165, 1.54) is 12.3 Å². The van der Waals surface area contributed by atoms with Gasteiger partial charge in [-0.05, 0) is 49.2 Å². The van der Waals surface area contributed by atoms with Crippen molar-refractivity contribution in [1.82, 2.24) is 25.9 Å². The lowest BCUT2D eigenvalue weighted by molar-refractivity contribution is 0.0928. The van der Waals surface area contributed by atoms with Gasteiger partial charge in [0.05, 0.1) is 11.9 Å². The highest BCUT2D eigenvalue weighted by Crippen LogP contribution is 2.20. The van der Waals surface area contributed by atoms with Crippen LogP contribution in [0, 0.1) is 11.6 Å². The molecule has 1 fully saturated rings. The molecule has 0 bridgehead atoms. The van der Waals surface area contributed by atoms with E-state index in [1.807, 2.05) is 0 Å². The van der Waals surface area contributed by atoms with Crippen molar-refractivity contribution in [3.63, 3.8) is 0 Å². The maximum Gasteiger partial charge on any atom is 0.274 e. The van der Waals surface area contributed by atoms with E-state index in [-0.39, 0.29) is 24.1 Å². The van der Waals surface area contributed by atoms with Crippen LogP contribution in [0.5, 0.6) is 0 Å². The van der Waals surface area contributed by atoms with Crippen LogP contribution >= 0.6 is 0 Å². The molecule has 1 saturated heterocycles. The normalized spacial score (nSPS) is 15.8. The molecule has 2 heterocycles. The number of rotatable bonds is 6.